The van der Waals surface area contributed by atoms with E-state index in [1.54, 1.807) is 24.3 Å². The molecule has 0 radical (unpaired) electrons. The number of benzene rings is 2. The Bertz CT molecular complexity index is 813. The van der Waals surface area contributed by atoms with Gasteiger partial charge in [-0.15, -0.1) is 0 Å². The summed E-state index contributed by atoms with van der Waals surface area (Å²) in [6.45, 7) is 0. The number of carbonyl (C=O) groups is 1. The molecule has 2 aromatic carbocycles. The van der Waals surface area contributed by atoms with E-state index in [1.165, 1.54) is 26.4 Å². The second kappa shape index (κ2) is 7.28. The molecule has 0 aliphatic rings. The summed E-state index contributed by atoms with van der Waals surface area (Å²) >= 11 is 0. The van der Waals surface area contributed by atoms with Crippen molar-refractivity contribution < 1.29 is 24.3 Å². The zero-order chi connectivity index (χ0) is 17.7. The van der Waals surface area contributed by atoms with Crippen molar-refractivity contribution in [1.29, 1.82) is 0 Å². The third kappa shape index (κ3) is 3.70. The summed E-state index contributed by atoms with van der Waals surface area (Å²) in [5.74, 6) is 0.177. The number of nitro benzene ring substituents is 1. The molecule has 2 aromatic rings. The van der Waals surface area contributed by atoms with Crippen LogP contribution in [0, 0.1) is 10.1 Å². The number of phenols is 1. The molecule has 7 heteroatoms. The number of carbonyl (C=O) groups excluding carboxylic acids is 1. The van der Waals surface area contributed by atoms with E-state index < -0.39 is 22.1 Å². The van der Waals surface area contributed by atoms with E-state index in [9.17, 15) is 20.0 Å². The summed E-state index contributed by atoms with van der Waals surface area (Å²) in [5, 5.41) is 20.2. The van der Waals surface area contributed by atoms with Crippen LogP contribution in [0.4, 0.5) is 5.69 Å². The standard InChI is InChI=1S/C17H15NO6/c1-23-16-8-4-11(9-17(16)24-2)3-6-14(19)12-5-7-15(20)13(10-12)18(21)22/h3-10,20H,1-2H3/b6-3+. The van der Waals surface area contributed by atoms with E-state index in [-0.39, 0.29) is 5.56 Å². The Balaban J connectivity index is 2.25. The lowest BCUT2D eigenvalue weighted by molar-refractivity contribution is -0.385. The number of nitro groups is 1. The van der Waals surface area contributed by atoms with E-state index >= 15 is 0 Å². The van der Waals surface area contributed by atoms with E-state index in [4.69, 9.17) is 9.47 Å². The normalized spacial score (nSPS) is 10.6. The monoisotopic (exact) mass is 329 g/mol. The molecule has 0 aliphatic heterocycles. The van der Waals surface area contributed by atoms with E-state index in [1.807, 2.05) is 0 Å². The van der Waals surface area contributed by atoms with Gasteiger partial charge in [0.2, 0.25) is 0 Å². The molecule has 0 saturated carbocycles. The number of hydrogen-bond acceptors (Lipinski definition) is 6. The highest BCUT2D eigenvalue weighted by molar-refractivity contribution is 6.07. The number of ether oxygens (including phenoxy) is 2. The van der Waals surface area contributed by atoms with Crippen LogP contribution >= 0.6 is 0 Å². The van der Waals surface area contributed by atoms with Gasteiger partial charge in [-0.05, 0) is 35.9 Å². The number of phenolic OH excluding ortho intramolecular Hbond substituents is 1. The number of nitrogens with zero attached hydrogens (tertiary/aromatic N) is 1. The number of aromatic hydroxyl groups is 1. The largest absolute Gasteiger partial charge is 0.502 e. The highest BCUT2D eigenvalue weighted by atomic mass is 16.6. The number of methoxy groups -OCH3 is 2. The minimum atomic E-state index is -0.746. The fourth-order valence-electron chi connectivity index (χ4n) is 2.05. The van der Waals surface area contributed by atoms with Gasteiger partial charge in [0.05, 0.1) is 19.1 Å². The first-order chi connectivity index (χ1) is 11.5. The van der Waals surface area contributed by atoms with Gasteiger partial charge in [0.15, 0.2) is 23.0 Å². The van der Waals surface area contributed by atoms with Crippen LogP contribution < -0.4 is 9.47 Å². The Morgan fingerprint density at radius 2 is 1.83 bits per heavy atom. The molecule has 0 bridgehead atoms. The van der Waals surface area contributed by atoms with Crippen LogP contribution in [0.25, 0.3) is 6.08 Å². The second-order valence-electron chi connectivity index (χ2n) is 4.77. The summed E-state index contributed by atoms with van der Waals surface area (Å²) in [6.07, 6.45) is 2.85. The SMILES string of the molecule is COc1ccc(/C=C/C(=O)c2ccc(O)c([N+](=O)[O-])c2)cc1OC. The molecule has 0 atom stereocenters. The lowest BCUT2D eigenvalue weighted by Crippen LogP contribution is -1.97. The quantitative estimate of drug-likeness (QED) is 0.378. The van der Waals surface area contributed by atoms with Crippen molar-refractivity contribution in [3.8, 4) is 17.2 Å². The van der Waals surface area contributed by atoms with Gasteiger partial charge >= 0.3 is 5.69 Å². The molecule has 0 fully saturated rings. The Kier molecular flexibility index (Phi) is 5.16. The van der Waals surface area contributed by atoms with Gasteiger partial charge in [0.25, 0.3) is 0 Å². The third-order valence-corrected chi connectivity index (χ3v) is 3.29. The van der Waals surface area contributed by atoms with E-state index in [0.29, 0.717) is 17.1 Å². The van der Waals surface area contributed by atoms with Crippen molar-refractivity contribution in [2.75, 3.05) is 14.2 Å². The van der Waals surface area contributed by atoms with Crippen molar-refractivity contribution in [1.82, 2.24) is 0 Å². The summed E-state index contributed by atoms with van der Waals surface area (Å²) < 4.78 is 10.3. The third-order valence-electron chi connectivity index (χ3n) is 3.29. The van der Waals surface area contributed by atoms with Gasteiger partial charge in [0, 0.05) is 11.6 Å². The molecular formula is C17H15NO6. The molecule has 0 aromatic heterocycles. The second-order valence-corrected chi connectivity index (χ2v) is 4.77. The molecular weight excluding hydrogens is 314 g/mol. The fourth-order valence-corrected chi connectivity index (χ4v) is 2.05. The van der Waals surface area contributed by atoms with Gasteiger partial charge in [-0.2, -0.15) is 0 Å². The lowest BCUT2D eigenvalue weighted by Gasteiger charge is -2.07. The topological polar surface area (TPSA) is 98.9 Å². The molecule has 1 N–H and O–H groups in total. The van der Waals surface area contributed by atoms with Crippen molar-refractivity contribution in [3.63, 3.8) is 0 Å². The Labute approximate surface area is 137 Å². The summed E-state index contributed by atoms with van der Waals surface area (Å²) in [5.41, 5.74) is 0.297. The highest BCUT2D eigenvalue weighted by Gasteiger charge is 2.15. The van der Waals surface area contributed by atoms with Gasteiger partial charge in [-0.1, -0.05) is 12.1 Å². The zero-order valence-electron chi connectivity index (χ0n) is 13.1. The van der Waals surface area contributed by atoms with Crippen molar-refractivity contribution in [2.24, 2.45) is 0 Å². The van der Waals surface area contributed by atoms with Gasteiger partial charge in [0.1, 0.15) is 0 Å². The average molecular weight is 329 g/mol. The molecule has 0 aliphatic carbocycles. The fraction of sp³-hybridized carbons (Fsp3) is 0.118. The number of rotatable bonds is 6. The van der Waals surface area contributed by atoms with Crippen molar-refractivity contribution in [2.45, 2.75) is 0 Å². The van der Waals surface area contributed by atoms with E-state index in [0.717, 1.165) is 12.1 Å². The van der Waals surface area contributed by atoms with Crippen molar-refractivity contribution in [3.05, 3.63) is 63.7 Å². The molecule has 0 spiro atoms. The van der Waals surface area contributed by atoms with Crippen LogP contribution in [0.15, 0.2) is 42.5 Å². The predicted octanol–water partition coefficient (Wildman–Crippen LogP) is 3.21. The summed E-state index contributed by atoms with van der Waals surface area (Å²) in [6, 6.07) is 8.62. The summed E-state index contributed by atoms with van der Waals surface area (Å²) in [4.78, 5) is 22.2. The van der Waals surface area contributed by atoms with Gasteiger partial charge in [-0.25, -0.2) is 0 Å². The number of ketones is 1. The molecule has 124 valence electrons. The zero-order valence-corrected chi connectivity index (χ0v) is 13.1. The van der Waals surface area contributed by atoms with Crippen LogP contribution in [0.3, 0.4) is 0 Å². The molecule has 0 heterocycles. The Morgan fingerprint density at radius 1 is 1.12 bits per heavy atom. The highest BCUT2D eigenvalue weighted by Crippen LogP contribution is 2.29. The van der Waals surface area contributed by atoms with Crippen LogP contribution in [-0.4, -0.2) is 30.0 Å². The van der Waals surface area contributed by atoms with Crippen LogP contribution in [0.1, 0.15) is 15.9 Å². The van der Waals surface area contributed by atoms with Crippen LogP contribution in [0.2, 0.25) is 0 Å². The van der Waals surface area contributed by atoms with E-state index in [2.05, 4.69) is 0 Å². The molecule has 2 rings (SSSR count). The Hall–Kier alpha value is -3.35. The minimum Gasteiger partial charge on any atom is -0.502 e. The molecule has 0 saturated heterocycles. The Morgan fingerprint density at radius 3 is 2.46 bits per heavy atom. The molecule has 0 unspecified atom stereocenters. The maximum atomic E-state index is 12.1. The first-order valence-electron chi connectivity index (χ1n) is 6.88. The molecule has 7 nitrogen and oxygen atoms in total. The number of allylic oxidation sites excluding steroid dienone is 1. The smallest absolute Gasteiger partial charge is 0.311 e. The predicted molar refractivity (Wildman–Crippen MR) is 87.7 cm³/mol. The first-order valence-corrected chi connectivity index (χ1v) is 6.88. The van der Waals surface area contributed by atoms with Crippen LogP contribution in [0.5, 0.6) is 17.2 Å². The first kappa shape index (κ1) is 17.0. The maximum Gasteiger partial charge on any atom is 0.311 e. The average Bonchev–Trinajstić information content (AvgIpc) is 2.59. The van der Waals surface area contributed by atoms with Crippen LogP contribution in [-0.2, 0) is 0 Å². The lowest BCUT2D eigenvalue weighted by atomic mass is 10.1. The maximum absolute atomic E-state index is 12.1. The van der Waals surface area contributed by atoms with Gasteiger partial charge in [-0.3, -0.25) is 14.9 Å². The number of hydrogen-bond donors (Lipinski definition) is 1. The molecule has 0 amide bonds. The minimum absolute atomic E-state index is 0.108. The molecule has 24 heavy (non-hydrogen) atoms. The van der Waals surface area contributed by atoms with Crippen molar-refractivity contribution >= 4 is 17.5 Å². The van der Waals surface area contributed by atoms with Gasteiger partial charge < -0.3 is 14.6 Å². The summed E-state index contributed by atoms with van der Waals surface area (Å²) in [7, 11) is 3.03.